The summed E-state index contributed by atoms with van der Waals surface area (Å²) in [6, 6.07) is 11.1. The first-order valence-electron chi connectivity index (χ1n) is 10.5. The average molecular weight is 455 g/mol. The zero-order valence-corrected chi connectivity index (χ0v) is 19.2. The standard InChI is InChI=1S/C24H26N2O5S/c1-4-31-19-7-5-16(13-20(19)29-3)14-22-24(28)25(2)18-15-17(6-8-21(18)32-22)23(27)26-9-11-30-12-10-26/h5-8,13-15H,4,9-12H2,1-3H3. The molecule has 7 nitrogen and oxygen atoms in total. The summed E-state index contributed by atoms with van der Waals surface area (Å²) in [4.78, 5) is 30.8. The minimum absolute atomic E-state index is 0.0372. The number of morpholine rings is 1. The molecule has 2 amide bonds. The van der Waals surface area contributed by atoms with Gasteiger partial charge in [0.2, 0.25) is 0 Å². The van der Waals surface area contributed by atoms with Crippen molar-refractivity contribution in [3.8, 4) is 11.5 Å². The van der Waals surface area contributed by atoms with E-state index in [4.69, 9.17) is 14.2 Å². The zero-order valence-electron chi connectivity index (χ0n) is 18.4. The summed E-state index contributed by atoms with van der Waals surface area (Å²) >= 11 is 1.40. The summed E-state index contributed by atoms with van der Waals surface area (Å²) in [5.41, 5.74) is 2.16. The van der Waals surface area contributed by atoms with Crippen molar-refractivity contribution in [2.45, 2.75) is 11.8 Å². The summed E-state index contributed by atoms with van der Waals surface area (Å²) in [5.74, 6) is 1.13. The highest BCUT2D eigenvalue weighted by atomic mass is 32.2. The number of nitrogens with zero attached hydrogens (tertiary/aromatic N) is 2. The first-order chi connectivity index (χ1) is 15.5. The van der Waals surface area contributed by atoms with Crippen LogP contribution in [0.3, 0.4) is 0 Å². The number of carbonyl (C=O) groups is 2. The van der Waals surface area contributed by atoms with Crippen LogP contribution in [0, 0.1) is 0 Å². The molecule has 2 heterocycles. The van der Waals surface area contributed by atoms with Crippen LogP contribution >= 0.6 is 11.8 Å². The normalized spacial score (nSPS) is 17.3. The van der Waals surface area contributed by atoms with Crippen molar-refractivity contribution < 1.29 is 23.8 Å². The number of hydrogen-bond donors (Lipinski definition) is 0. The van der Waals surface area contributed by atoms with Gasteiger partial charge in [-0.3, -0.25) is 9.59 Å². The van der Waals surface area contributed by atoms with Crippen LogP contribution in [0.5, 0.6) is 11.5 Å². The third kappa shape index (κ3) is 4.47. The molecular weight excluding hydrogens is 428 g/mol. The number of rotatable bonds is 5. The Morgan fingerprint density at radius 3 is 2.66 bits per heavy atom. The molecule has 168 valence electrons. The molecule has 4 rings (SSSR count). The molecular formula is C24H26N2O5S. The summed E-state index contributed by atoms with van der Waals surface area (Å²) in [5, 5.41) is 0. The SMILES string of the molecule is CCOc1ccc(C=C2Sc3ccc(C(=O)N4CCOCC4)cc3N(C)C2=O)cc1OC. The van der Waals surface area contributed by atoms with Gasteiger partial charge in [-0.05, 0) is 48.9 Å². The van der Waals surface area contributed by atoms with Crippen LogP contribution in [0.15, 0.2) is 46.2 Å². The number of benzene rings is 2. The van der Waals surface area contributed by atoms with Gasteiger partial charge >= 0.3 is 0 Å². The van der Waals surface area contributed by atoms with Crippen LogP contribution < -0.4 is 14.4 Å². The Morgan fingerprint density at radius 2 is 1.94 bits per heavy atom. The van der Waals surface area contributed by atoms with Gasteiger partial charge in [0.05, 0.1) is 37.5 Å². The van der Waals surface area contributed by atoms with E-state index >= 15 is 0 Å². The molecule has 0 unspecified atom stereocenters. The second kappa shape index (κ2) is 9.67. The number of ether oxygens (including phenoxy) is 3. The van der Waals surface area contributed by atoms with Crippen LogP contribution in [0.2, 0.25) is 0 Å². The first kappa shape index (κ1) is 22.2. The van der Waals surface area contributed by atoms with Crippen molar-refractivity contribution in [2.75, 3.05) is 52.0 Å². The fourth-order valence-corrected chi connectivity index (χ4v) is 4.77. The monoisotopic (exact) mass is 454 g/mol. The molecule has 8 heteroatoms. The molecule has 0 radical (unpaired) electrons. The third-order valence-corrected chi connectivity index (χ3v) is 6.46. The minimum Gasteiger partial charge on any atom is -0.493 e. The van der Waals surface area contributed by atoms with E-state index in [1.165, 1.54) is 11.8 Å². The zero-order chi connectivity index (χ0) is 22.7. The Morgan fingerprint density at radius 1 is 1.16 bits per heavy atom. The van der Waals surface area contributed by atoms with Crippen LogP contribution in [0.4, 0.5) is 5.69 Å². The molecule has 1 saturated heterocycles. The van der Waals surface area contributed by atoms with Gasteiger partial charge in [-0.2, -0.15) is 0 Å². The second-order valence-corrected chi connectivity index (χ2v) is 8.49. The number of thioether (sulfide) groups is 1. The van der Waals surface area contributed by atoms with E-state index in [0.29, 0.717) is 54.9 Å². The van der Waals surface area contributed by atoms with E-state index in [9.17, 15) is 9.59 Å². The van der Waals surface area contributed by atoms with Gasteiger partial charge in [-0.15, -0.1) is 0 Å². The van der Waals surface area contributed by atoms with Gasteiger partial charge < -0.3 is 24.0 Å². The smallest absolute Gasteiger partial charge is 0.264 e. The Labute approximate surface area is 191 Å². The maximum Gasteiger partial charge on any atom is 0.264 e. The Hall–Kier alpha value is -2.97. The van der Waals surface area contributed by atoms with Gasteiger partial charge in [0.1, 0.15) is 0 Å². The van der Waals surface area contributed by atoms with Gasteiger partial charge in [0, 0.05) is 30.6 Å². The number of anilines is 1. The molecule has 1 fully saturated rings. The largest absolute Gasteiger partial charge is 0.493 e. The minimum atomic E-state index is -0.119. The lowest BCUT2D eigenvalue weighted by molar-refractivity contribution is -0.114. The molecule has 0 atom stereocenters. The summed E-state index contributed by atoms with van der Waals surface area (Å²) in [6.45, 7) is 4.73. The maximum absolute atomic E-state index is 13.1. The van der Waals surface area contributed by atoms with Crippen molar-refractivity contribution in [2.24, 2.45) is 0 Å². The van der Waals surface area contributed by atoms with Crippen molar-refractivity contribution in [1.82, 2.24) is 4.90 Å². The van der Waals surface area contributed by atoms with Crippen molar-refractivity contribution in [3.05, 3.63) is 52.4 Å². The first-order valence-corrected chi connectivity index (χ1v) is 11.3. The third-order valence-electron chi connectivity index (χ3n) is 5.39. The van der Waals surface area contributed by atoms with Gasteiger partial charge in [-0.25, -0.2) is 0 Å². The fourth-order valence-electron chi connectivity index (χ4n) is 3.68. The van der Waals surface area contributed by atoms with Crippen molar-refractivity contribution >= 4 is 35.3 Å². The predicted octanol–water partition coefficient (Wildman–Crippen LogP) is 3.68. The average Bonchev–Trinajstić information content (AvgIpc) is 2.83. The van der Waals surface area contributed by atoms with E-state index in [1.807, 2.05) is 43.3 Å². The Kier molecular flexibility index (Phi) is 6.72. The van der Waals surface area contributed by atoms with Crippen molar-refractivity contribution in [1.29, 1.82) is 0 Å². The number of fused-ring (bicyclic) bond motifs is 1. The molecule has 0 aromatic heterocycles. The number of amides is 2. The summed E-state index contributed by atoms with van der Waals surface area (Å²) in [6.07, 6.45) is 1.84. The molecule has 0 bridgehead atoms. The fraction of sp³-hybridized carbons (Fsp3) is 0.333. The summed E-state index contributed by atoms with van der Waals surface area (Å²) in [7, 11) is 3.32. The Bertz CT molecular complexity index is 1060. The molecule has 0 saturated carbocycles. The molecule has 2 aromatic carbocycles. The molecule has 2 aliphatic heterocycles. The molecule has 2 aliphatic rings. The lowest BCUT2D eigenvalue weighted by atomic mass is 10.1. The van der Waals surface area contributed by atoms with Gasteiger partial charge in [-0.1, -0.05) is 17.8 Å². The second-order valence-electron chi connectivity index (χ2n) is 7.41. The molecule has 0 N–H and O–H groups in total. The number of hydrogen-bond acceptors (Lipinski definition) is 6. The maximum atomic E-state index is 13.1. The van der Waals surface area contributed by atoms with E-state index < -0.39 is 0 Å². The summed E-state index contributed by atoms with van der Waals surface area (Å²) < 4.78 is 16.3. The highest BCUT2D eigenvalue weighted by Crippen LogP contribution is 2.42. The molecule has 0 aliphatic carbocycles. The topological polar surface area (TPSA) is 68.3 Å². The molecule has 32 heavy (non-hydrogen) atoms. The highest BCUT2D eigenvalue weighted by molar-refractivity contribution is 8.04. The van der Waals surface area contributed by atoms with E-state index in [-0.39, 0.29) is 11.8 Å². The number of methoxy groups -OCH3 is 1. The highest BCUT2D eigenvalue weighted by Gasteiger charge is 2.28. The Balaban J connectivity index is 1.60. The molecule has 2 aromatic rings. The van der Waals surface area contributed by atoms with Crippen molar-refractivity contribution in [3.63, 3.8) is 0 Å². The quantitative estimate of drug-likeness (QED) is 0.642. The number of likely N-dealkylation sites (N-methyl/N-ethyl adjacent to an activating group) is 1. The van der Waals surface area contributed by atoms with Crippen LogP contribution in [0.25, 0.3) is 6.08 Å². The van der Waals surface area contributed by atoms with Gasteiger partial charge in [0.25, 0.3) is 11.8 Å². The number of carbonyl (C=O) groups excluding carboxylic acids is 2. The van der Waals surface area contributed by atoms with Crippen LogP contribution in [0.1, 0.15) is 22.8 Å². The molecule has 0 spiro atoms. The van der Waals surface area contributed by atoms with Crippen LogP contribution in [-0.4, -0.2) is 63.8 Å². The van der Waals surface area contributed by atoms with E-state index in [2.05, 4.69) is 0 Å². The van der Waals surface area contributed by atoms with E-state index in [0.717, 1.165) is 16.1 Å². The van der Waals surface area contributed by atoms with Gasteiger partial charge in [0.15, 0.2) is 11.5 Å². The van der Waals surface area contributed by atoms with Crippen LogP contribution in [-0.2, 0) is 9.53 Å². The lowest BCUT2D eigenvalue weighted by Gasteiger charge is -2.29. The van der Waals surface area contributed by atoms with E-state index in [1.54, 1.807) is 30.0 Å². The lowest BCUT2D eigenvalue weighted by Crippen LogP contribution is -2.40. The predicted molar refractivity (Wildman–Crippen MR) is 125 cm³/mol.